The lowest BCUT2D eigenvalue weighted by molar-refractivity contribution is -0.116. The Labute approximate surface area is 130 Å². The third kappa shape index (κ3) is 4.84. The van der Waals surface area contributed by atoms with E-state index in [0.29, 0.717) is 18.0 Å². The number of hydrogen-bond donors (Lipinski definition) is 2. The summed E-state index contributed by atoms with van der Waals surface area (Å²) < 4.78 is 18.4. The molecule has 1 aliphatic carbocycles. The highest BCUT2D eigenvalue weighted by molar-refractivity contribution is 5.91. The summed E-state index contributed by atoms with van der Waals surface area (Å²) in [5.41, 5.74) is 0.599. The number of aliphatic hydroxyl groups excluding tert-OH is 1. The van der Waals surface area contributed by atoms with E-state index in [1.165, 1.54) is 25.3 Å². The maximum Gasteiger partial charge on any atom is 0.244 e. The van der Waals surface area contributed by atoms with E-state index in [4.69, 9.17) is 4.74 Å². The third-order valence-electron chi connectivity index (χ3n) is 3.92. The molecule has 22 heavy (non-hydrogen) atoms. The largest absolute Gasteiger partial charge is 0.494 e. The van der Waals surface area contributed by atoms with Crippen LogP contribution in [0.25, 0.3) is 6.08 Å². The number of aliphatic hydroxyl groups is 1. The molecule has 5 heteroatoms. The summed E-state index contributed by atoms with van der Waals surface area (Å²) in [6.45, 7) is 0.567. The first-order valence-corrected chi connectivity index (χ1v) is 7.56. The van der Waals surface area contributed by atoms with Crippen LogP contribution in [0.15, 0.2) is 24.3 Å². The minimum Gasteiger partial charge on any atom is -0.494 e. The Bertz CT molecular complexity index is 545. The number of ether oxygens (including phenoxy) is 1. The van der Waals surface area contributed by atoms with Crippen molar-refractivity contribution in [3.8, 4) is 5.75 Å². The third-order valence-corrected chi connectivity index (χ3v) is 3.92. The molecule has 0 saturated heterocycles. The van der Waals surface area contributed by atoms with Crippen molar-refractivity contribution < 1.29 is 19.0 Å². The number of carbonyl (C=O) groups excluding carboxylic acids is 1. The van der Waals surface area contributed by atoms with E-state index in [2.05, 4.69) is 5.32 Å². The van der Waals surface area contributed by atoms with Crippen LogP contribution >= 0.6 is 0 Å². The SMILES string of the molecule is COc1ccc(C=CC(=O)NCC2CCCC(O)C2)cc1F. The van der Waals surface area contributed by atoms with Crippen molar-refractivity contribution in [1.82, 2.24) is 5.32 Å². The Kier molecular flexibility index (Phi) is 5.95. The molecule has 0 heterocycles. The van der Waals surface area contributed by atoms with Gasteiger partial charge in [-0.25, -0.2) is 4.39 Å². The molecule has 0 aliphatic heterocycles. The van der Waals surface area contributed by atoms with Crippen molar-refractivity contribution in [3.05, 3.63) is 35.7 Å². The van der Waals surface area contributed by atoms with Crippen LogP contribution in [0.4, 0.5) is 4.39 Å². The number of nitrogens with one attached hydrogen (secondary N) is 1. The average Bonchev–Trinajstić information content (AvgIpc) is 2.51. The lowest BCUT2D eigenvalue weighted by atomic mass is 9.87. The van der Waals surface area contributed by atoms with Crippen LogP contribution in [0, 0.1) is 11.7 Å². The predicted octanol–water partition coefficient (Wildman–Crippen LogP) is 2.51. The summed E-state index contributed by atoms with van der Waals surface area (Å²) >= 11 is 0. The van der Waals surface area contributed by atoms with Crippen LogP contribution in [0.5, 0.6) is 5.75 Å². The van der Waals surface area contributed by atoms with Gasteiger partial charge in [-0.05, 0) is 49.0 Å². The number of hydrogen-bond acceptors (Lipinski definition) is 3. The monoisotopic (exact) mass is 307 g/mol. The Hall–Kier alpha value is -1.88. The zero-order valence-electron chi connectivity index (χ0n) is 12.7. The van der Waals surface area contributed by atoms with Gasteiger partial charge in [-0.2, -0.15) is 0 Å². The highest BCUT2D eigenvalue weighted by atomic mass is 19.1. The Morgan fingerprint density at radius 3 is 3.00 bits per heavy atom. The second-order valence-electron chi connectivity index (χ2n) is 5.66. The lowest BCUT2D eigenvalue weighted by Gasteiger charge is -2.25. The molecule has 0 bridgehead atoms. The molecule has 2 unspecified atom stereocenters. The molecule has 1 aliphatic rings. The molecule has 2 N–H and O–H groups in total. The molecule has 1 amide bonds. The fourth-order valence-corrected chi connectivity index (χ4v) is 2.71. The van der Waals surface area contributed by atoms with E-state index in [0.717, 1.165) is 25.7 Å². The van der Waals surface area contributed by atoms with Gasteiger partial charge >= 0.3 is 0 Å². The van der Waals surface area contributed by atoms with E-state index in [9.17, 15) is 14.3 Å². The Morgan fingerprint density at radius 2 is 2.32 bits per heavy atom. The van der Waals surface area contributed by atoms with Gasteiger partial charge in [0.1, 0.15) is 0 Å². The van der Waals surface area contributed by atoms with Crippen molar-refractivity contribution >= 4 is 12.0 Å². The second-order valence-corrected chi connectivity index (χ2v) is 5.66. The first-order chi connectivity index (χ1) is 10.6. The van der Waals surface area contributed by atoms with Gasteiger partial charge in [-0.15, -0.1) is 0 Å². The van der Waals surface area contributed by atoms with E-state index >= 15 is 0 Å². The Morgan fingerprint density at radius 1 is 1.50 bits per heavy atom. The molecule has 0 spiro atoms. The van der Waals surface area contributed by atoms with Gasteiger partial charge in [0, 0.05) is 12.6 Å². The minimum absolute atomic E-state index is 0.178. The van der Waals surface area contributed by atoms with Crippen molar-refractivity contribution in [2.45, 2.75) is 31.8 Å². The summed E-state index contributed by atoms with van der Waals surface area (Å²) in [4.78, 5) is 11.8. The predicted molar refractivity (Wildman–Crippen MR) is 83.0 cm³/mol. The van der Waals surface area contributed by atoms with E-state index < -0.39 is 5.82 Å². The molecule has 0 radical (unpaired) electrons. The van der Waals surface area contributed by atoms with E-state index in [1.54, 1.807) is 12.1 Å². The molecule has 2 rings (SSSR count). The van der Waals surface area contributed by atoms with Crippen LogP contribution in [0.3, 0.4) is 0 Å². The zero-order chi connectivity index (χ0) is 15.9. The van der Waals surface area contributed by atoms with Gasteiger partial charge in [-0.3, -0.25) is 4.79 Å². The van der Waals surface area contributed by atoms with Gasteiger partial charge in [0.05, 0.1) is 13.2 Å². The number of halogens is 1. The zero-order valence-corrected chi connectivity index (χ0v) is 12.7. The first kappa shape index (κ1) is 16.5. The van der Waals surface area contributed by atoms with E-state index in [1.807, 2.05) is 0 Å². The maximum absolute atomic E-state index is 13.5. The van der Waals surface area contributed by atoms with Crippen molar-refractivity contribution in [3.63, 3.8) is 0 Å². The first-order valence-electron chi connectivity index (χ1n) is 7.56. The number of rotatable bonds is 5. The fraction of sp³-hybridized carbons (Fsp3) is 0.471. The van der Waals surface area contributed by atoms with Gasteiger partial charge in [0.15, 0.2) is 11.6 Å². The lowest BCUT2D eigenvalue weighted by Crippen LogP contribution is -2.32. The van der Waals surface area contributed by atoms with Crippen LogP contribution in [-0.4, -0.2) is 30.8 Å². The Balaban J connectivity index is 1.82. The summed E-state index contributed by atoms with van der Waals surface area (Å²) in [5.74, 6) is -0.158. The molecule has 120 valence electrons. The maximum atomic E-state index is 13.5. The molecule has 1 aromatic rings. The minimum atomic E-state index is -0.457. The summed E-state index contributed by atoms with van der Waals surface area (Å²) in [6, 6.07) is 4.53. The topological polar surface area (TPSA) is 58.6 Å². The second kappa shape index (κ2) is 7.94. The van der Waals surface area contributed by atoms with Gasteiger partial charge in [-0.1, -0.05) is 12.5 Å². The quantitative estimate of drug-likeness (QED) is 0.822. The molecule has 1 saturated carbocycles. The molecule has 1 fully saturated rings. The molecular formula is C17H22FNO3. The van der Waals surface area contributed by atoms with Gasteiger partial charge in [0.25, 0.3) is 0 Å². The van der Waals surface area contributed by atoms with Crippen LogP contribution < -0.4 is 10.1 Å². The van der Waals surface area contributed by atoms with Crippen molar-refractivity contribution in [2.24, 2.45) is 5.92 Å². The van der Waals surface area contributed by atoms with Crippen LogP contribution in [0.1, 0.15) is 31.2 Å². The summed E-state index contributed by atoms with van der Waals surface area (Å²) in [7, 11) is 1.41. The summed E-state index contributed by atoms with van der Waals surface area (Å²) in [6.07, 6.45) is 6.34. The molecular weight excluding hydrogens is 285 g/mol. The molecule has 1 aromatic carbocycles. The fourth-order valence-electron chi connectivity index (χ4n) is 2.71. The highest BCUT2D eigenvalue weighted by Gasteiger charge is 2.20. The smallest absolute Gasteiger partial charge is 0.244 e. The number of methoxy groups -OCH3 is 1. The van der Waals surface area contributed by atoms with Gasteiger partial charge in [0.2, 0.25) is 5.91 Å². The number of carbonyl (C=O) groups is 1. The van der Waals surface area contributed by atoms with Crippen LogP contribution in [0.2, 0.25) is 0 Å². The molecule has 2 atom stereocenters. The number of amides is 1. The molecule has 0 aromatic heterocycles. The summed E-state index contributed by atoms with van der Waals surface area (Å²) in [5, 5.41) is 12.4. The van der Waals surface area contributed by atoms with E-state index in [-0.39, 0.29) is 17.8 Å². The standard InChI is InChI=1S/C17H22FNO3/c1-22-16-7-5-12(10-15(16)18)6-8-17(21)19-11-13-3-2-4-14(20)9-13/h5-8,10,13-14,20H,2-4,9,11H2,1H3,(H,19,21). The normalized spacial score (nSPS) is 21.8. The highest BCUT2D eigenvalue weighted by Crippen LogP contribution is 2.23. The van der Waals surface area contributed by atoms with Gasteiger partial charge < -0.3 is 15.2 Å². The van der Waals surface area contributed by atoms with Crippen molar-refractivity contribution in [2.75, 3.05) is 13.7 Å². The number of benzene rings is 1. The molecule has 4 nitrogen and oxygen atoms in total. The average molecular weight is 307 g/mol. The van der Waals surface area contributed by atoms with Crippen LogP contribution in [-0.2, 0) is 4.79 Å². The van der Waals surface area contributed by atoms with Crippen molar-refractivity contribution in [1.29, 1.82) is 0 Å².